The quantitative estimate of drug-likeness (QED) is 0.870. The van der Waals surface area contributed by atoms with Gasteiger partial charge in [0.05, 0.1) is 18.5 Å². The fourth-order valence-electron chi connectivity index (χ4n) is 2.09. The van der Waals surface area contributed by atoms with Crippen molar-refractivity contribution in [2.75, 3.05) is 6.61 Å². The van der Waals surface area contributed by atoms with Gasteiger partial charge in [0.2, 0.25) is 0 Å². The van der Waals surface area contributed by atoms with Crippen molar-refractivity contribution in [3.63, 3.8) is 0 Å². The number of benzene rings is 1. The smallest absolute Gasteiger partial charge is 0.314 e. The van der Waals surface area contributed by atoms with Crippen LogP contribution >= 0.6 is 11.6 Å². The first-order chi connectivity index (χ1) is 9.98. The van der Waals surface area contributed by atoms with Gasteiger partial charge in [-0.15, -0.1) is 0 Å². The number of ether oxygens (including phenoxy) is 1. The van der Waals surface area contributed by atoms with E-state index in [1.807, 2.05) is 6.92 Å². The van der Waals surface area contributed by atoms with Crippen molar-refractivity contribution in [1.29, 1.82) is 0 Å². The normalized spacial score (nSPS) is 15.8. The number of rotatable bonds is 4. The van der Waals surface area contributed by atoms with Crippen molar-refractivity contribution >= 4 is 11.6 Å². The van der Waals surface area contributed by atoms with E-state index in [0.717, 1.165) is 18.4 Å². The van der Waals surface area contributed by atoms with Crippen LogP contribution in [0, 0.1) is 12.3 Å². The van der Waals surface area contributed by atoms with Crippen LogP contribution in [0.15, 0.2) is 35.3 Å². The third-order valence-electron chi connectivity index (χ3n) is 3.83. The SMILES string of the molecule is Cc1cnn(-c2cccc(Cl)c2)c(=O)c1OCC1(C)CC1. The summed E-state index contributed by atoms with van der Waals surface area (Å²) in [6.45, 7) is 4.57. The van der Waals surface area contributed by atoms with Gasteiger partial charge in [-0.1, -0.05) is 24.6 Å². The zero-order valence-electron chi connectivity index (χ0n) is 12.1. The second-order valence-electron chi connectivity index (χ2n) is 5.95. The molecule has 0 amide bonds. The zero-order chi connectivity index (χ0) is 15.0. The van der Waals surface area contributed by atoms with Crippen LogP contribution in [0.2, 0.25) is 5.02 Å². The van der Waals surface area contributed by atoms with E-state index in [1.54, 1.807) is 30.5 Å². The van der Waals surface area contributed by atoms with E-state index in [-0.39, 0.29) is 11.0 Å². The van der Waals surface area contributed by atoms with Gasteiger partial charge in [-0.05, 0) is 38.0 Å². The topological polar surface area (TPSA) is 44.1 Å². The maximum Gasteiger partial charge on any atom is 0.314 e. The monoisotopic (exact) mass is 304 g/mol. The van der Waals surface area contributed by atoms with E-state index in [4.69, 9.17) is 16.3 Å². The van der Waals surface area contributed by atoms with Crippen LogP contribution in [0.5, 0.6) is 5.75 Å². The Morgan fingerprint density at radius 3 is 2.86 bits per heavy atom. The maximum absolute atomic E-state index is 12.6. The predicted octanol–water partition coefficient (Wildman–Crippen LogP) is 3.37. The molecule has 3 rings (SSSR count). The summed E-state index contributed by atoms with van der Waals surface area (Å²) in [6.07, 6.45) is 3.95. The minimum atomic E-state index is -0.249. The molecule has 2 aromatic rings. The van der Waals surface area contributed by atoms with E-state index < -0.39 is 0 Å². The number of aryl methyl sites for hydroxylation is 1. The highest BCUT2D eigenvalue weighted by Crippen LogP contribution is 2.45. The Balaban J connectivity index is 1.97. The lowest BCUT2D eigenvalue weighted by Gasteiger charge is -2.14. The minimum Gasteiger partial charge on any atom is -0.487 e. The largest absolute Gasteiger partial charge is 0.487 e. The van der Waals surface area contributed by atoms with E-state index in [1.165, 1.54) is 4.68 Å². The van der Waals surface area contributed by atoms with Gasteiger partial charge in [-0.25, -0.2) is 0 Å². The van der Waals surface area contributed by atoms with Crippen molar-refractivity contribution in [3.05, 3.63) is 51.4 Å². The Hall–Kier alpha value is -1.81. The van der Waals surface area contributed by atoms with Gasteiger partial charge in [-0.3, -0.25) is 4.79 Å². The van der Waals surface area contributed by atoms with Gasteiger partial charge < -0.3 is 4.74 Å². The summed E-state index contributed by atoms with van der Waals surface area (Å²) >= 11 is 5.97. The maximum atomic E-state index is 12.6. The Kier molecular flexibility index (Phi) is 3.49. The average molecular weight is 305 g/mol. The molecule has 0 N–H and O–H groups in total. The zero-order valence-corrected chi connectivity index (χ0v) is 12.9. The van der Waals surface area contributed by atoms with Crippen LogP contribution < -0.4 is 10.3 Å². The molecule has 1 aromatic carbocycles. The Morgan fingerprint density at radius 1 is 1.43 bits per heavy atom. The molecule has 110 valence electrons. The summed E-state index contributed by atoms with van der Waals surface area (Å²) < 4.78 is 7.10. The fraction of sp³-hybridized carbons (Fsp3) is 0.375. The van der Waals surface area contributed by atoms with Crippen LogP contribution in [-0.4, -0.2) is 16.4 Å². The second-order valence-corrected chi connectivity index (χ2v) is 6.39. The van der Waals surface area contributed by atoms with Crippen molar-refractivity contribution in [2.24, 2.45) is 5.41 Å². The number of hydrogen-bond acceptors (Lipinski definition) is 3. The number of nitrogens with zero attached hydrogens (tertiary/aromatic N) is 2. The van der Waals surface area contributed by atoms with Gasteiger partial charge in [0, 0.05) is 16.0 Å². The Morgan fingerprint density at radius 2 is 2.19 bits per heavy atom. The average Bonchev–Trinajstić information content (AvgIpc) is 3.17. The van der Waals surface area contributed by atoms with Crippen molar-refractivity contribution in [2.45, 2.75) is 26.7 Å². The molecular weight excluding hydrogens is 288 g/mol. The van der Waals surface area contributed by atoms with Gasteiger partial charge >= 0.3 is 5.56 Å². The molecule has 5 heteroatoms. The van der Waals surface area contributed by atoms with E-state index in [2.05, 4.69) is 12.0 Å². The highest BCUT2D eigenvalue weighted by Gasteiger charge is 2.38. The summed E-state index contributed by atoms with van der Waals surface area (Å²) in [4.78, 5) is 12.6. The number of halogens is 1. The molecule has 0 bridgehead atoms. The van der Waals surface area contributed by atoms with E-state index in [0.29, 0.717) is 23.1 Å². The van der Waals surface area contributed by atoms with Crippen LogP contribution in [0.4, 0.5) is 0 Å². The van der Waals surface area contributed by atoms with Crippen LogP contribution in [-0.2, 0) is 0 Å². The molecule has 1 saturated carbocycles. The molecule has 0 aliphatic heterocycles. The summed E-state index contributed by atoms with van der Waals surface area (Å²) in [5.74, 6) is 0.373. The molecule has 1 heterocycles. The summed E-state index contributed by atoms with van der Waals surface area (Å²) in [7, 11) is 0. The molecule has 0 unspecified atom stereocenters. The molecule has 0 spiro atoms. The lowest BCUT2D eigenvalue weighted by molar-refractivity contribution is 0.241. The standard InChI is InChI=1S/C16H17ClN2O2/c1-11-9-18-19(13-5-3-4-12(17)8-13)15(20)14(11)21-10-16(2)6-7-16/h3-5,8-9H,6-7,10H2,1-2H3. The van der Waals surface area contributed by atoms with E-state index >= 15 is 0 Å². The number of hydrogen-bond donors (Lipinski definition) is 0. The summed E-state index contributed by atoms with van der Waals surface area (Å²) in [5, 5.41) is 4.74. The molecule has 1 aliphatic rings. The first kappa shape index (κ1) is 14.1. The minimum absolute atomic E-state index is 0.225. The first-order valence-electron chi connectivity index (χ1n) is 6.96. The molecule has 4 nitrogen and oxygen atoms in total. The molecule has 1 aliphatic carbocycles. The van der Waals surface area contributed by atoms with Crippen molar-refractivity contribution in [3.8, 4) is 11.4 Å². The molecule has 0 atom stereocenters. The fourth-order valence-corrected chi connectivity index (χ4v) is 2.28. The number of aromatic nitrogens is 2. The highest BCUT2D eigenvalue weighted by molar-refractivity contribution is 6.30. The van der Waals surface area contributed by atoms with Gasteiger partial charge in [-0.2, -0.15) is 9.78 Å². The molecule has 1 aromatic heterocycles. The first-order valence-corrected chi connectivity index (χ1v) is 7.34. The lowest BCUT2D eigenvalue weighted by Crippen LogP contribution is -2.25. The van der Waals surface area contributed by atoms with Gasteiger partial charge in [0.25, 0.3) is 0 Å². The molecule has 0 radical (unpaired) electrons. The molecule has 1 fully saturated rings. The van der Waals surface area contributed by atoms with E-state index in [9.17, 15) is 4.79 Å². The third-order valence-corrected chi connectivity index (χ3v) is 4.07. The van der Waals surface area contributed by atoms with Gasteiger partial charge in [0.15, 0.2) is 5.75 Å². The van der Waals surface area contributed by atoms with Crippen LogP contribution in [0.1, 0.15) is 25.3 Å². The molecule has 0 saturated heterocycles. The third kappa shape index (κ3) is 2.95. The highest BCUT2D eigenvalue weighted by atomic mass is 35.5. The predicted molar refractivity (Wildman–Crippen MR) is 82.4 cm³/mol. The molecule has 21 heavy (non-hydrogen) atoms. The Labute approximate surface area is 128 Å². The van der Waals surface area contributed by atoms with Gasteiger partial charge in [0.1, 0.15) is 0 Å². The Bertz CT molecular complexity index is 735. The second kappa shape index (κ2) is 5.19. The van der Waals surface area contributed by atoms with Crippen LogP contribution in [0.25, 0.3) is 5.69 Å². The van der Waals surface area contributed by atoms with Crippen LogP contribution in [0.3, 0.4) is 0 Å². The van der Waals surface area contributed by atoms with Crippen molar-refractivity contribution in [1.82, 2.24) is 9.78 Å². The summed E-state index contributed by atoms with van der Waals surface area (Å²) in [6, 6.07) is 7.05. The summed E-state index contributed by atoms with van der Waals surface area (Å²) in [5.41, 5.74) is 1.36. The molecular formula is C16H17ClN2O2. The van der Waals surface area contributed by atoms with Crippen molar-refractivity contribution < 1.29 is 4.74 Å². The lowest BCUT2D eigenvalue weighted by atomic mass is 10.2.